The Bertz CT molecular complexity index is 1060. The van der Waals surface area contributed by atoms with Crippen molar-refractivity contribution in [2.24, 2.45) is 4.99 Å². The first kappa shape index (κ1) is 17.2. The highest BCUT2D eigenvalue weighted by Gasteiger charge is 2.14. The zero-order valence-corrected chi connectivity index (χ0v) is 14.6. The molecular formula is C18H12Cl2N2O3. The van der Waals surface area contributed by atoms with Gasteiger partial charge in [0.15, 0.2) is 0 Å². The summed E-state index contributed by atoms with van der Waals surface area (Å²) in [6.45, 7) is 1.26. The van der Waals surface area contributed by atoms with Crippen molar-refractivity contribution in [1.82, 2.24) is 5.32 Å². The Labute approximate surface area is 152 Å². The van der Waals surface area contributed by atoms with E-state index in [1.165, 1.54) is 6.92 Å². The van der Waals surface area contributed by atoms with Gasteiger partial charge in [-0.1, -0.05) is 41.4 Å². The van der Waals surface area contributed by atoms with Crippen molar-refractivity contribution in [1.29, 1.82) is 0 Å². The molecule has 2 amide bonds. The van der Waals surface area contributed by atoms with Crippen LogP contribution in [0.1, 0.15) is 17.3 Å². The molecule has 0 aliphatic carbocycles. The predicted octanol–water partition coefficient (Wildman–Crippen LogP) is 4.25. The number of imide groups is 1. The molecule has 3 aromatic rings. The molecule has 0 unspecified atom stereocenters. The molecule has 0 atom stereocenters. The van der Waals surface area contributed by atoms with Gasteiger partial charge in [-0.15, -0.1) is 0 Å². The van der Waals surface area contributed by atoms with Crippen molar-refractivity contribution in [3.8, 4) is 0 Å². The Morgan fingerprint density at radius 1 is 1.04 bits per heavy atom. The first-order valence-corrected chi connectivity index (χ1v) is 8.04. The third-order valence-corrected chi connectivity index (χ3v) is 4.06. The Balaban J connectivity index is 2.23. The summed E-state index contributed by atoms with van der Waals surface area (Å²) >= 11 is 11.9. The van der Waals surface area contributed by atoms with E-state index in [9.17, 15) is 9.59 Å². The van der Waals surface area contributed by atoms with Gasteiger partial charge < -0.3 is 4.42 Å². The van der Waals surface area contributed by atoms with E-state index in [1.807, 2.05) is 12.1 Å². The average molecular weight is 375 g/mol. The lowest BCUT2D eigenvalue weighted by molar-refractivity contribution is -0.118. The van der Waals surface area contributed by atoms with Crippen LogP contribution in [0.25, 0.3) is 11.0 Å². The number of benzene rings is 2. The zero-order valence-electron chi connectivity index (χ0n) is 13.0. The Kier molecular flexibility index (Phi) is 4.88. The van der Waals surface area contributed by atoms with E-state index in [0.29, 0.717) is 26.7 Å². The first-order chi connectivity index (χ1) is 11.9. The number of amides is 2. The maximum Gasteiger partial charge on any atom is 0.263 e. The fourth-order valence-electron chi connectivity index (χ4n) is 2.21. The van der Waals surface area contributed by atoms with E-state index in [-0.39, 0.29) is 11.1 Å². The molecule has 25 heavy (non-hydrogen) atoms. The molecule has 2 aromatic carbocycles. The van der Waals surface area contributed by atoms with Crippen LogP contribution in [0.2, 0.25) is 10.0 Å². The molecule has 0 saturated carbocycles. The number of carbonyl (C=O) groups excluding carboxylic acids is 2. The lowest BCUT2D eigenvalue weighted by Crippen LogP contribution is -2.32. The zero-order chi connectivity index (χ0) is 18.0. The van der Waals surface area contributed by atoms with Gasteiger partial charge in [0.25, 0.3) is 5.91 Å². The number of hydrogen-bond donors (Lipinski definition) is 1. The normalized spacial score (nSPS) is 11.6. The SMILES string of the molecule is CC(=O)NC(=O)c1cc2ccccc2oc1=Nc1ccc(Cl)c(Cl)c1. The fraction of sp³-hybridized carbons (Fsp3) is 0.0556. The molecule has 0 saturated heterocycles. The molecule has 1 aromatic heterocycles. The van der Waals surface area contributed by atoms with Crippen molar-refractivity contribution in [2.45, 2.75) is 6.92 Å². The van der Waals surface area contributed by atoms with Gasteiger partial charge >= 0.3 is 0 Å². The fourth-order valence-corrected chi connectivity index (χ4v) is 2.51. The van der Waals surface area contributed by atoms with Crippen molar-refractivity contribution >= 4 is 51.7 Å². The molecule has 5 nitrogen and oxygen atoms in total. The van der Waals surface area contributed by atoms with Gasteiger partial charge in [0.05, 0.1) is 15.7 Å². The molecule has 1 N–H and O–H groups in total. The van der Waals surface area contributed by atoms with Gasteiger partial charge in [-0.3, -0.25) is 14.9 Å². The van der Waals surface area contributed by atoms with Crippen LogP contribution >= 0.6 is 23.2 Å². The van der Waals surface area contributed by atoms with Gasteiger partial charge in [-0.2, -0.15) is 0 Å². The molecule has 0 aliphatic rings. The summed E-state index contributed by atoms with van der Waals surface area (Å²) in [6.07, 6.45) is 0. The third-order valence-electron chi connectivity index (χ3n) is 3.32. The second-order valence-corrected chi connectivity index (χ2v) is 6.04. The quantitative estimate of drug-likeness (QED) is 0.728. The van der Waals surface area contributed by atoms with E-state index in [4.69, 9.17) is 27.6 Å². The molecule has 126 valence electrons. The minimum atomic E-state index is -0.596. The second-order valence-electron chi connectivity index (χ2n) is 5.22. The molecule has 1 heterocycles. The first-order valence-electron chi connectivity index (χ1n) is 7.28. The number of para-hydroxylation sites is 1. The monoisotopic (exact) mass is 374 g/mol. The van der Waals surface area contributed by atoms with Gasteiger partial charge in [0.1, 0.15) is 11.1 Å². The highest BCUT2D eigenvalue weighted by Crippen LogP contribution is 2.26. The average Bonchev–Trinajstić information content (AvgIpc) is 2.57. The summed E-state index contributed by atoms with van der Waals surface area (Å²) < 4.78 is 5.75. The second kappa shape index (κ2) is 7.09. The van der Waals surface area contributed by atoms with Crippen LogP contribution in [0.4, 0.5) is 5.69 Å². The van der Waals surface area contributed by atoms with Crippen LogP contribution in [0.3, 0.4) is 0 Å². The highest BCUT2D eigenvalue weighted by molar-refractivity contribution is 6.42. The van der Waals surface area contributed by atoms with Crippen LogP contribution < -0.4 is 10.9 Å². The minimum Gasteiger partial charge on any atom is -0.438 e. The lowest BCUT2D eigenvalue weighted by Gasteiger charge is -2.05. The molecule has 0 bridgehead atoms. The number of nitrogens with zero attached hydrogens (tertiary/aromatic N) is 1. The predicted molar refractivity (Wildman–Crippen MR) is 96.0 cm³/mol. The molecule has 0 aliphatic heterocycles. The lowest BCUT2D eigenvalue weighted by atomic mass is 10.1. The summed E-state index contributed by atoms with van der Waals surface area (Å²) in [7, 11) is 0. The topological polar surface area (TPSA) is 71.7 Å². The van der Waals surface area contributed by atoms with Crippen LogP contribution in [0.5, 0.6) is 0 Å². The summed E-state index contributed by atoms with van der Waals surface area (Å²) in [5.41, 5.74) is 1.22. The van der Waals surface area contributed by atoms with Crippen molar-refractivity contribution in [3.63, 3.8) is 0 Å². The molecule has 7 heteroatoms. The Morgan fingerprint density at radius 2 is 1.80 bits per heavy atom. The van der Waals surface area contributed by atoms with E-state index in [2.05, 4.69) is 10.3 Å². The Morgan fingerprint density at radius 3 is 2.52 bits per heavy atom. The summed E-state index contributed by atoms with van der Waals surface area (Å²) in [5, 5.41) is 3.66. The number of nitrogens with one attached hydrogen (secondary N) is 1. The standard InChI is InChI=1S/C18H12Cl2N2O3/c1-10(23)21-17(24)13-8-11-4-2-3-5-16(11)25-18(13)22-12-6-7-14(19)15(20)9-12/h2-9H,1H3,(H,21,23,24). The smallest absolute Gasteiger partial charge is 0.263 e. The van der Waals surface area contributed by atoms with Gasteiger partial charge in [0.2, 0.25) is 11.5 Å². The van der Waals surface area contributed by atoms with E-state index in [0.717, 1.165) is 0 Å². The summed E-state index contributed by atoms with van der Waals surface area (Å²) in [6, 6.07) is 13.6. The number of halogens is 2. The summed E-state index contributed by atoms with van der Waals surface area (Å²) in [5.74, 6) is -1.07. The van der Waals surface area contributed by atoms with Crippen molar-refractivity contribution in [2.75, 3.05) is 0 Å². The van der Waals surface area contributed by atoms with E-state index >= 15 is 0 Å². The molecular weight excluding hydrogens is 363 g/mol. The van der Waals surface area contributed by atoms with Crippen molar-refractivity contribution < 1.29 is 14.0 Å². The number of rotatable bonds is 2. The molecule has 0 spiro atoms. The molecule has 0 fully saturated rings. The van der Waals surface area contributed by atoms with Gasteiger partial charge in [-0.05, 0) is 30.3 Å². The largest absolute Gasteiger partial charge is 0.438 e. The number of carbonyl (C=O) groups is 2. The van der Waals surface area contributed by atoms with Crippen LogP contribution in [-0.2, 0) is 4.79 Å². The van der Waals surface area contributed by atoms with Crippen molar-refractivity contribution in [3.05, 3.63) is 69.7 Å². The maximum atomic E-state index is 12.3. The minimum absolute atomic E-state index is 0.0656. The van der Waals surface area contributed by atoms with Gasteiger partial charge in [-0.25, -0.2) is 4.99 Å². The highest BCUT2D eigenvalue weighted by atomic mass is 35.5. The number of fused-ring (bicyclic) bond motifs is 1. The maximum absolute atomic E-state index is 12.3. The molecule has 3 rings (SSSR count). The van der Waals surface area contributed by atoms with Crippen LogP contribution in [0.15, 0.2) is 57.9 Å². The Hall–Kier alpha value is -2.63. The van der Waals surface area contributed by atoms with Crippen LogP contribution in [-0.4, -0.2) is 11.8 Å². The van der Waals surface area contributed by atoms with Crippen LogP contribution in [0, 0.1) is 0 Å². The summed E-state index contributed by atoms with van der Waals surface area (Å²) in [4.78, 5) is 27.9. The number of hydrogen-bond acceptors (Lipinski definition) is 4. The van der Waals surface area contributed by atoms with E-state index in [1.54, 1.807) is 36.4 Å². The van der Waals surface area contributed by atoms with Gasteiger partial charge in [0, 0.05) is 12.3 Å². The van der Waals surface area contributed by atoms with E-state index < -0.39 is 11.8 Å². The third kappa shape index (κ3) is 3.90. The molecule has 0 radical (unpaired) electrons.